The minimum Gasteiger partial charge on any atom is -0.488 e. The van der Waals surface area contributed by atoms with Gasteiger partial charge in [0, 0.05) is 22.7 Å². The summed E-state index contributed by atoms with van der Waals surface area (Å²) in [6, 6.07) is 23.8. The lowest BCUT2D eigenvalue weighted by molar-refractivity contribution is 0.315. The predicted octanol–water partition coefficient (Wildman–Crippen LogP) is 5.62. The van der Waals surface area contributed by atoms with Crippen molar-refractivity contribution in [3.63, 3.8) is 0 Å². The van der Waals surface area contributed by atoms with Crippen molar-refractivity contribution >= 4 is 21.7 Å². The van der Waals surface area contributed by atoms with E-state index in [0.717, 1.165) is 18.8 Å². The van der Waals surface area contributed by atoms with Crippen molar-refractivity contribution in [3.05, 3.63) is 72.3 Å². The van der Waals surface area contributed by atoms with Crippen LogP contribution in [0.1, 0.15) is 24.8 Å². The maximum Gasteiger partial charge on any atom is 0.204 e. The molecule has 0 saturated carbocycles. The molecule has 1 nitrogen and oxygen atoms in total. The summed E-state index contributed by atoms with van der Waals surface area (Å²) in [5.74, 6) is 3.76. The molecule has 1 saturated heterocycles. The zero-order chi connectivity index (χ0) is 16.9. The molecule has 3 aromatic carbocycles. The summed E-state index contributed by atoms with van der Waals surface area (Å²) >= 11 is 0. The standard InChI is InChI=1S/C23H25OS/c1-3-9-19(10-4-1)15-16-24-22-14-13-20-11-5-6-12-21(20)23(22)25-17-7-2-8-18-25/h1,3-6,9-14H,2,7-8,15-18H2/q+1. The zero-order valence-corrected chi connectivity index (χ0v) is 15.4. The van der Waals surface area contributed by atoms with Gasteiger partial charge in [0.2, 0.25) is 4.90 Å². The largest absolute Gasteiger partial charge is 0.488 e. The molecule has 1 aliphatic heterocycles. The van der Waals surface area contributed by atoms with Gasteiger partial charge in [-0.05, 0) is 42.3 Å². The van der Waals surface area contributed by atoms with Gasteiger partial charge in [-0.15, -0.1) is 0 Å². The summed E-state index contributed by atoms with van der Waals surface area (Å²) in [4.78, 5) is 1.48. The van der Waals surface area contributed by atoms with Gasteiger partial charge < -0.3 is 4.74 Å². The van der Waals surface area contributed by atoms with Crippen molar-refractivity contribution in [3.8, 4) is 5.75 Å². The Kier molecular flexibility index (Phi) is 5.27. The molecule has 1 heterocycles. The van der Waals surface area contributed by atoms with Gasteiger partial charge >= 0.3 is 0 Å². The van der Waals surface area contributed by atoms with E-state index in [-0.39, 0.29) is 0 Å². The van der Waals surface area contributed by atoms with Crippen LogP contribution in [0.4, 0.5) is 0 Å². The molecule has 3 aromatic rings. The highest BCUT2D eigenvalue weighted by atomic mass is 32.2. The van der Waals surface area contributed by atoms with Crippen molar-refractivity contribution in [2.45, 2.75) is 30.6 Å². The first-order chi connectivity index (χ1) is 12.4. The van der Waals surface area contributed by atoms with Crippen molar-refractivity contribution in [1.82, 2.24) is 0 Å². The molecule has 0 amide bonds. The second-order valence-electron chi connectivity index (χ2n) is 6.66. The first kappa shape index (κ1) is 16.5. The van der Waals surface area contributed by atoms with E-state index in [1.165, 1.54) is 52.0 Å². The maximum atomic E-state index is 6.31. The molecule has 128 valence electrons. The summed E-state index contributed by atoms with van der Waals surface area (Å²) < 4.78 is 6.31. The van der Waals surface area contributed by atoms with Crippen LogP contribution in [-0.2, 0) is 17.3 Å². The van der Waals surface area contributed by atoms with Crippen molar-refractivity contribution in [2.75, 3.05) is 18.1 Å². The van der Waals surface area contributed by atoms with Crippen LogP contribution in [0.3, 0.4) is 0 Å². The van der Waals surface area contributed by atoms with Gasteiger partial charge in [0.05, 0.1) is 6.61 Å². The van der Waals surface area contributed by atoms with Crippen LogP contribution < -0.4 is 4.74 Å². The van der Waals surface area contributed by atoms with Crippen LogP contribution in [0.25, 0.3) is 10.8 Å². The number of ether oxygens (including phenoxy) is 1. The smallest absolute Gasteiger partial charge is 0.204 e. The number of benzene rings is 3. The fourth-order valence-electron chi connectivity index (χ4n) is 3.59. The molecule has 0 bridgehead atoms. The van der Waals surface area contributed by atoms with Gasteiger partial charge in [0.1, 0.15) is 11.5 Å². The first-order valence-electron chi connectivity index (χ1n) is 9.28. The lowest BCUT2D eigenvalue weighted by atomic mass is 10.1. The molecule has 4 rings (SSSR count). The number of hydrogen-bond donors (Lipinski definition) is 0. The third-order valence-electron chi connectivity index (χ3n) is 4.90. The Morgan fingerprint density at radius 2 is 1.52 bits per heavy atom. The minimum atomic E-state index is 0.333. The van der Waals surface area contributed by atoms with Crippen molar-refractivity contribution in [2.24, 2.45) is 0 Å². The predicted molar refractivity (Wildman–Crippen MR) is 109 cm³/mol. The molecule has 2 heteroatoms. The van der Waals surface area contributed by atoms with Crippen LogP contribution in [0.2, 0.25) is 0 Å². The fraction of sp³-hybridized carbons (Fsp3) is 0.304. The molecule has 1 fully saturated rings. The Labute approximate surface area is 153 Å². The van der Waals surface area contributed by atoms with Crippen molar-refractivity contribution in [1.29, 1.82) is 0 Å². The highest BCUT2D eigenvalue weighted by Crippen LogP contribution is 2.36. The maximum absolute atomic E-state index is 6.31. The van der Waals surface area contributed by atoms with E-state index >= 15 is 0 Å². The van der Waals surface area contributed by atoms with Crippen LogP contribution in [0.15, 0.2) is 71.6 Å². The lowest BCUT2D eigenvalue weighted by Crippen LogP contribution is -2.19. The van der Waals surface area contributed by atoms with E-state index in [2.05, 4.69) is 66.7 Å². The Morgan fingerprint density at radius 3 is 2.36 bits per heavy atom. The Hall–Kier alpha value is -1.93. The normalized spacial score (nSPS) is 15.4. The fourth-order valence-corrected chi connectivity index (χ4v) is 6.22. The van der Waals surface area contributed by atoms with E-state index in [9.17, 15) is 0 Å². The van der Waals surface area contributed by atoms with Gasteiger partial charge in [-0.1, -0.05) is 54.6 Å². The Bertz CT molecular complexity index is 822. The third kappa shape index (κ3) is 3.85. The van der Waals surface area contributed by atoms with Crippen molar-refractivity contribution < 1.29 is 4.74 Å². The van der Waals surface area contributed by atoms with Gasteiger partial charge in [-0.3, -0.25) is 0 Å². The monoisotopic (exact) mass is 349 g/mol. The van der Waals surface area contributed by atoms with E-state index < -0.39 is 0 Å². The van der Waals surface area contributed by atoms with E-state index in [4.69, 9.17) is 4.74 Å². The molecule has 0 aromatic heterocycles. The summed E-state index contributed by atoms with van der Waals surface area (Å²) in [5, 5.41) is 2.73. The molecule has 1 aliphatic rings. The molecule has 0 aliphatic carbocycles. The van der Waals surface area contributed by atoms with E-state index in [1.807, 2.05) is 0 Å². The number of hydrogen-bond acceptors (Lipinski definition) is 1. The second kappa shape index (κ2) is 7.97. The molecular weight excluding hydrogens is 324 g/mol. The zero-order valence-electron chi connectivity index (χ0n) is 14.6. The first-order valence-corrected chi connectivity index (χ1v) is 10.8. The summed E-state index contributed by atoms with van der Waals surface area (Å²) in [6.45, 7) is 0.743. The molecule has 0 N–H and O–H groups in total. The molecule has 0 spiro atoms. The second-order valence-corrected chi connectivity index (χ2v) is 8.87. The highest BCUT2D eigenvalue weighted by Gasteiger charge is 2.30. The van der Waals surface area contributed by atoms with Gasteiger partial charge in [-0.25, -0.2) is 0 Å². The lowest BCUT2D eigenvalue weighted by Gasteiger charge is -2.18. The van der Waals surface area contributed by atoms with Crippen LogP contribution in [0.5, 0.6) is 5.75 Å². The quantitative estimate of drug-likeness (QED) is 0.543. The Balaban J connectivity index is 1.60. The minimum absolute atomic E-state index is 0.333. The highest BCUT2D eigenvalue weighted by molar-refractivity contribution is 7.97. The molecule has 0 radical (unpaired) electrons. The van der Waals surface area contributed by atoms with Crippen LogP contribution >= 0.6 is 0 Å². The third-order valence-corrected chi connectivity index (χ3v) is 7.47. The number of rotatable bonds is 5. The van der Waals surface area contributed by atoms with Crippen LogP contribution in [-0.4, -0.2) is 18.1 Å². The van der Waals surface area contributed by atoms with Gasteiger partial charge in [0.15, 0.2) is 5.75 Å². The molecule has 0 unspecified atom stereocenters. The summed E-state index contributed by atoms with van der Waals surface area (Å²) in [7, 11) is 0.333. The number of fused-ring (bicyclic) bond motifs is 1. The van der Waals surface area contributed by atoms with Crippen LogP contribution in [0, 0.1) is 0 Å². The summed E-state index contributed by atoms with van der Waals surface area (Å²) in [6.07, 6.45) is 5.06. The van der Waals surface area contributed by atoms with Gasteiger partial charge in [-0.2, -0.15) is 0 Å². The average Bonchev–Trinajstić information content (AvgIpc) is 2.69. The van der Waals surface area contributed by atoms with E-state index in [1.54, 1.807) is 0 Å². The molecule has 25 heavy (non-hydrogen) atoms. The Morgan fingerprint density at radius 1 is 0.760 bits per heavy atom. The average molecular weight is 350 g/mol. The summed E-state index contributed by atoms with van der Waals surface area (Å²) in [5.41, 5.74) is 1.34. The molecule has 0 atom stereocenters. The van der Waals surface area contributed by atoms with E-state index in [0.29, 0.717) is 10.9 Å². The van der Waals surface area contributed by atoms with Gasteiger partial charge in [0.25, 0.3) is 0 Å². The topological polar surface area (TPSA) is 9.23 Å². The molecular formula is C23H25OS+. The SMILES string of the molecule is c1ccc(CCOc2ccc3ccccc3c2[S+]2CCCCC2)cc1.